The van der Waals surface area contributed by atoms with Gasteiger partial charge < -0.3 is 15.5 Å². The summed E-state index contributed by atoms with van der Waals surface area (Å²) in [5.41, 5.74) is 0.554. The number of hydrogen-bond donors (Lipinski definition) is 3. The van der Waals surface area contributed by atoms with Gasteiger partial charge in [-0.25, -0.2) is 4.39 Å². The Morgan fingerprint density at radius 3 is 2.59 bits per heavy atom. The molecular weight excluding hydrogens is 268 g/mol. The number of aliphatic hydroxyl groups excluding tert-OH is 2. The molecule has 0 heterocycles. The van der Waals surface area contributed by atoms with Crippen LogP contribution in [0.1, 0.15) is 18.5 Å². The molecule has 0 unspecified atom stereocenters. The first-order chi connectivity index (χ1) is 7.95. The molecule has 17 heavy (non-hydrogen) atoms. The maximum atomic E-state index is 13.3. The molecule has 0 amide bonds. The van der Waals surface area contributed by atoms with E-state index in [1.54, 1.807) is 6.92 Å². The van der Waals surface area contributed by atoms with Crippen LogP contribution in [0.5, 0.6) is 0 Å². The van der Waals surface area contributed by atoms with E-state index in [0.29, 0.717) is 10.6 Å². The van der Waals surface area contributed by atoms with E-state index < -0.39 is 11.9 Å². The lowest BCUT2D eigenvalue weighted by Gasteiger charge is -2.18. The zero-order valence-electron chi connectivity index (χ0n) is 9.25. The zero-order valence-corrected chi connectivity index (χ0v) is 10.8. The first-order valence-electron chi connectivity index (χ1n) is 5.12. The average molecular weight is 282 g/mol. The second-order valence-electron chi connectivity index (χ2n) is 3.75. The highest BCUT2D eigenvalue weighted by molar-refractivity contribution is 6.35. The first-order valence-corrected chi connectivity index (χ1v) is 5.88. The molecule has 0 saturated carbocycles. The highest BCUT2D eigenvalue weighted by Crippen LogP contribution is 2.28. The molecule has 0 fully saturated rings. The summed E-state index contributed by atoms with van der Waals surface area (Å²) >= 11 is 11.5. The second-order valence-corrected chi connectivity index (χ2v) is 4.57. The Labute approximate surface area is 109 Å². The minimum Gasteiger partial charge on any atom is -0.394 e. The molecule has 6 heteroatoms. The van der Waals surface area contributed by atoms with E-state index in [1.165, 1.54) is 12.1 Å². The normalized spacial score (nSPS) is 14.7. The molecule has 0 aliphatic rings. The van der Waals surface area contributed by atoms with Crippen molar-refractivity contribution in [1.29, 1.82) is 0 Å². The molecule has 3 N–H and O–H groups in total. The van der Waals surface area contributed by atoms with Crippen molar-refractivity contribution in [2.45, 2.75) is 19.1 Å². The minimum atomic E-state index is -0.853. The molecule has 0 aliphatic heterocycles. The molecule has 2 atom stereocenters. The third kappa shape index (κ3) is 4.08. The van der Waals surface area contributed by atoms with Crippen molar-refractivity contribution in [2.24, 2.45) is 0 Å². The SMILES string of the molecule is C[C@@H](NC[C@@H](O)CO)c1cc(F)c(Cl)cc1Cl. The summed E-state index contributed by atoms with van der Waals surface area (Å²) in [6.07, 6.45) is -0.853. The van der Waals surface area contributed by atoms with E-state index in [-0.39, 0.29) is 24.2 Å². The van der Waals surface area contributed by atoms with Crippen molar-refractivity contribution < 1.29 is 14.6 Å². The third-order valence-electron chi connectivity index (χ3n) is 2.38. The third-order valence-corrected chi connectivity index (χ3v) is 2.99. The van der Waals surface area contributed by atoms with Gasteiger partial charge in [0, 0.05) is 17.6 Å². The average Bonchev–Trinajstić information content (AvgIpc) is 2.30. The van der Waals surface area contributed by atoms with E-state index in [1.807, 2.05) is 0 Å². The van der Waals surface area contributed by atoms with Gasteiger partial charge in [-0.1, -0.05) is 23.2 Å². The van der Waals surface area contributed by atoms with Crippen LogP contribution in [0.3, 0.4) is 0 Å². The van der Waals surface area contributed by atoms with Gasteiger partial charge in [0.25, 0.3) is 0 Å². The van der Waals surface area contributed by atoms with Crippen LogP contribution >= 0.6 is 23.2 Å². The molecule has 1 aromatic carbocycles. The summed E-state index contributed by atoms with van der Waals surface area (Å²) in [6, 6.07) is 2.35. The summed E-state index contributed by atoms with van der Waals surface area (Å²) in [6.45, 7) is 1.64. The van der Waals surface area contributed by atoms with Crippen molar-refractivity contribution in [3.05, 3.63) is 33.6 Å². The monoisotopic (exact) mass is 281 g/mol. The molecule has 0 saturated heterocycles. The Kier molecular flexibility index (Phi) is 5.62. The maximum absolute atomic E-state index is 13.3. The molecule has 96 valence electrons. The van der Waals surface area contributed by atoms with E-state index in [0.717, 1.165) is 0 Å². The van der Waals surface area contributed by atoms with Gasteiger partial charge in [0.05, 0.1) is 17.7 Å². The number of rotatable bonds is 5. The quantitative estimate of drug-likeness (QED) is 0.725. The Hall–Kier alpha value is -0.390. The molecule has 0 spiro atoms. The van der Waals surface area contributed by atoms with Gasteiger partial charge >= 0.3 is 0 Å². The predicted octanol–water partition coefficient (Wildman–Crippen LogP) is 2.14. The van der Waals surface area contributed by atoms with Gasteiger partial charge in [0.2, 0.25) is 0 Å². The zero-order chi connectivity index (χ0) is 13.0. The number of benzene rings is 1. The Morgan fingerprint density at radius 1 is 1.35 bits per heavy atom. The highest BCUT2D eigenvalue weighted by Gasteiger charge is 2.14. The van der Waals surface area contributed by atoms with Crippen LogP contribution in [0.4, 0.5) is 4.39 Å². The standard InChI is InChI=1S/C11H14Cl2FNO2/c1-6(15-4-7(17)5-16)8-2-11(14)10(13)3-9(8)12/h2-3,6-7,15-17H,4-5H2,1H3/t6-,7-/m1/s1. The summed E-state index contributed by atoms with van der Waals surface area (Å²) < 4.78 is 13.3. The highest BCUT2D eigenvalue weighted by atomic mass is 35.5. The Balaban J connectivity index is 2.75. The lowest BCUT2D eigenvalue weighted by Crippen LogP contribution is -2.31. The van der Waals surface area contributed by atoms with Crippen LogP contribution in [0.25, 0.3) is 0 Å². The van der Waals surface area contributed by atoms with Crippen LogP contribution in [0, 0.1) is 5.82 Å². The molecule has 1 rings (SSSR count). The van der Waals surface area contributed by atoms with Crippen LogP contribution < -0.4 is 5.32 Å². The fourth-order valence-corrected chi connectivity index (χ4v) is 1.90. The molecular formula is C11H14Cl2FNO2. The van der Waals surface area contributed by atoms with Gasteiger partial charge in [0.15, 0.2) is 0 Å². The molecule has 0 bridgehead atoms. The maximum Gasteiger partial charge on any atom is 0.142 e. The van der Waals surface area contributed by atoms with Crippen molar-refractivity contribution in [2.75, 3.05) is 13.2 Å². The van der Waals surface area contributed by atoms with E-state index in [2.05, 4.69) is 5.32 Å². The molecule has 0 aliphatic carbocycles. The van der Waals surface area contributed by atoms with Gasteiger partial charge in [-0.05, 0) is 24.6 Å². The first kappa shape index (κ1) is 14.7. The number of halogens is 3. The van der Waals surface area contributed by atoms with Crippen LogP contribution in [0.2, 0.25) is 10.0 Å². The molecule has 1 aromatic rings. The number of aliphatic hydroxyl groups is 2. The fourth-order valence-electron chi connectivity index (χ4n) is 1.36. The molecule has 0 radical (unpaired) electrons. The van der Waals surface area contributed by atoms with Gasteiger partial charge in [-0.15, -0.1) is 0 Å². The van der Waals surface area contributed by atoms with E-state index in [9.17, 15) is 9.50 Å². The van der Waals surface area contributed by atoms with Gasteiger partial charge in [0.1, 0.15) is 5.82 Å². The Morgan fingerprint density at radius 2 is 2.00 bits per heavy atom. The van der Waals surface area contributed by atoms with Crippen molar-refractivity contribution in [1.82, 2.24) is 5.32 Å². The summed E-state index contributed by atoms with van der Waals surface area (Å²) in [4.78, 5) is 0. The van der Waals surface area contributed by atoms with E-state index >= 15 is 0 Å². The van der Waals surface area contributed by atoms with Crippen LogP contribution in [0.15, 0.2) is 12.1 Å². The lowest BCUT2D eigenvalue weighted by atomic mass is 10.1. The van der Waals surface area contributed by atoms with Crippen LogP contribution in [-0.2, 0) is 0 Å². The molecule has 0 aromatic heterocycles. The van der Waals surface area contributed by atoms with E-state index in [4.69, 9.17) is 28.3 Å². The second kappa shape index (κ2) is 6.52. The van der Waals surface area contributed by atoms with Crippen LogP contribution in [-0.4, -0.2) is 29.5 Å². The fraction of sp³-hybridized carbons (Fsp3) is 0.455. The molecule has 3 nitrogen and oxygen atoms in total. The largest absolute Gasteiger partial charge is 0.394 e. The number of hydrogen-bond acceptors (Lipinski definition) is 3. The number of nitrogens with one attached hydrogen (secondary N) is 1. The minimum absolute atomic E-state index is 0.0265. The summed E-state index contributed by atoms with van der Waals surface area (Å²) in [7, 11) is 0. The van der Waals surface area contributed by atoms with Crippen molar-refractivity contribution >= 4 is 23.2 Å². The topological polar surface area (TPSA) is 52.5 Å². The van der Waals surface area contributed by atoms with Crippen molar-refractivity contribution in [3.8, 4) is 0 Å². The lowest BCUT2D eigenvalue weighted by molar-refractivity contribution is 0.0924. The van der Waals surface area contributed by atoms with Gasteiger partial charge in [-0.2, -0.15) is 0 Å². The predicted molar refractivity (Wildman–Crippen MR) is 65.9 cm³/mol. The Bertz CT molecular complexity index is 390. The van der Waals surface area contributed by atoms with Gasteiger partial charge in [-0.3, -0.25) is 0 Å². The van der Waals surface area contributed by atoms with Crippen molar-refractivity contribution in [3.63, 3.8) is 0 Å². The summed E-state index contributed by atoms with van der Waals surface area (Å²) in [5.74, 6) is -0.539. The summed E-state index contributed by atoms with van der Waals surface area (Å²) in [5, 5.41) is 21.1. The smallest absolute Gasteiger partial charge is 0.142 e.